The molecule has 1 N–H and O–H groups in total. The number of fused-ring (bicyclic) bond motifs is 2. The maximum atomic E-state index is 4.50. The summed E-state index contributed by atoms with van der Waals surface area (Å²) in [6, 6.07) is 14.2. The van der Waals surface area contributed by atoms with E-state index >= 15 is 0 Å². The van der Waals surface area contributed by atoms with E-state index < -0.39 is 0 Å². The molecule has 7 heteroatoms. The molecule has 3 aromatic heterocycles. The number of rotatable bonds is 4. The fourth-order valence-corrected chi connectivity index (χ4v) is 3.59. The summed E-state index contributed by atoms with van der Waals surface area (Å²) in [5, 5.41) is 13.0. The van der Waals surface area contributed by atoms with Gasteiger partial charge in [-0.25, -0.2) is 15.0 Å². The first kappa shape index (κ1) is 15.0. The molecular weight excluding hydrogens is 344 g/mol. The highest BCUT2D eigenvalue weighted by molar-refractivity contribution is 7.09. The van der Waals surface area contributed by atoms with E-state index in [0.29, 0.717) is 6.54 Å². The van der Waals surface area contributed by atoms with Crippen molar-refractivity contribution in [3.05, 3.63) is 71.6 Å². The van der Waals surface area contributed by atoms with Gasteiger partial charge < -0.3 is 5.32 Å². The highest BCUT2D eigenvalue weighted by Gasteiger charge is 2.08. The maximum Gasteiger partial charge on any atom is 0.141 e. The van der Waals surface area contributed by atoms with Crippen molar-refractivity contribution in [2.24, 2.45) is 0 Å². The molecule has 0 spiro atoms. The van der Waals surface area contributed by atoms with Crippen LogP contribution in [-0.4, -0.2) is 24.7 Å². The molecule has 5 aromatic rings. The number of thiazole rings is 1. The van der Waals surface area contributed by atoms with Crippen molar-refractivity contribution in [3.8, 4) is 0 Å². The van der Waals surface area contributed by atoms with Gasteiger partial charge in [0, 0.05) is 28.0 Å². The lowest BCUT2D eigenvalue weighted by Crippen LogP contribution is -2.00. The van der Waals surface area contributed by atoms with Crippen molar-refractivity contribution in [1.29, 1.82) is 0 Å². The predicted molar refractivity (Wildman–Crippen MR) is 104 cm³/mol. The van der Waals surface area contributed by atoms with Crippen LogP contribution in [0.3, 0.4) is 0 Å². The third-order valence-electron chi connectivity index (χ3n) is 4.22. The number of nitrogens with one attached hydrogen (secondary N) is 1. The minimum absolute atomic E-state index is 0.685. The molecule has 6 nitrogen and oxygen atoms in total. The van der Waals surface area contributed by atoms with Gasteiger partial charge in [0.15, 0.2) is 0 Å². The number of para-hydroxylation sites is 1. The Morgan fingerprint density at radius 2 is 2.00 bits per heavy atom. The van der Waals surface area contributed by atoms with Crippen LogP contribution in [-0.2, 0) is 6.54 Å². The molecule has 0 atom stereocenters. The van der Waals surface area contributed by atoms with Crippen LogP contribution in [0, 0.1) is 0 Å². The molecule has 0 unspecified atom stereocenters. The van der Waals surface area contributed by atoms with Crippen molar-refractivity contribution in [2.75, 3.05) is 5.32 Å². The lowest BCUT2D eigenvalue weighted by Gasteiger charge is -2.08. The number of hydrogen-bond acceptors (Lipinski definition) is 6. The van der Waals surface area contributed by atoms with Crippen molar-refractivity contribution in [1.82, 2.24) is 24.7 Å². The van der Waals surface area contributed by atoms with E-state index in [1.807, 2.05) is 52.8 Å². The smallest absolute Gasteiger partial charge is 0.141 e. The summed E-state index contributed by atoms with van der Waals surface area (Å²) < 4.78 is 1.97. The molecule has 0 aliphatic heterocycles. The third kappa shape index (κ3) is 2.68. The SMILES string of the molecule is c1ccc2c(Nc3ccc4c(cnn4Cc4nccs4)c3)ncnc2c1. The first-order valence-electron chi connectivity index (χ1n) is 8.17. The normalized spacial score (nSPS) is 11.2. The molecule has 2 aromatic carbocycles. The first-order chi connectivity index (χ1) is 12.9. The molecule has 5 rings (SSSR count). The second kappa shape index (κ2) is 6.20. The zero-order valence-corrected chi connectivity index (χ0v) is 14.5. The molecule has 0 saturated heterocycles. The lowest BCUT2D eigenvalue weighted by molar-refractivity contribution is 0.708. The van der Waals surface area contributed by atoms with Crippen molar-refractivity contribution < 1.29 is 0 Å². The molecule has 0 aliphatic carbocycles. The van der Waals surface area contributed by atoms with E-state index in [4.69, 9.17) is 0 Å². The largest absolute Gasteiger partial charge is 0.340 e. The molecular formula is C19H14N6S. The average Bonchev–Trinajstić information content (AvgIpc) is 3.33. The average molecular weight is 358 g/mol. The van der Waals surface area contributed by atoms with Gasteiger partial charge in [-0.05, 0) is 30.3 Å². The topological polar surface area (TPSA) is 68.5 Å². The van der Waals surface area contributed by atoms with Crippen LogP contribution in [0.2, 0.25) is 0 Å². The van der Waals surface area contributed by atoms with Crippen molar-refractivity contribution in [3.63, 3.8) is 0 Å². The summed E-state index contributed by atoms with van der Waals surface area (Å²) in [5.41, 5.74) is 2.97. The number of nitrogens with zero attached hydrogens (tertiary/aromatic N) is 5. The van der Waals surface area contributed by atoms with Gasteiger partial charge in [-0.3, -0.25) is 4.68 Å². The van der Waals surface area contributed by atoms with E-state index in [2.05, 4.69) is 37.5 Å². The molecule has 0 fully saturated rings. The van der Waals surface area contributed by atoms with Crippen LogP contribution in [0.15, 0.2) is 66.6 Å². The Kier molecular flexibility index (Phi) is 3.57. The minimum Gasteiger partial charge on any atom is -0.340 e. The Labute approximate surface area is 153 Å². The quantitative estimate of drug-likeness (QED) is 0.521. The first-order valence-corrected chi connectivity index (χ1v) is 9.05. The van der Waals surface area contributed by atoms with Gasteiger partial charge >= 0.3 is 0 Å². The second-order valence-corrected chi connectivity index (χ2v) is 6.85. The second-order valence-electron chi connectivity index (χ2n) is 5.87. The van der Waals surface area contributed by atoms with Crippen molar-refractivity contribution >= 4 is 44.6 Å². The Morgan fingerprint density at radius 1 is 1.04 bits per heavy atom. The van der Waals surface area contributed by atoms with Gasteiger partial charge in [-0.2, -0.15) is 5.10 Å². The Hall–Kier alpha value is -3.32. The van der Waals surface area contributed by atoms with Crippen LogP contribution in [0.1, 0.15) is 5.01 Å². The van der Waals surface area contributed by atoms with E-state index in [9.17, 15) is 0 Å². The Balaban J connectivity index is 1.48. The van der Waals surface area contributed by atoms with E-state index in [0.717, 1.165) is 38.3 Å². The van der Waals surface area contributed by atoms with E-state index in [1.54, 1.807) is 17.7 Å². The summed E-state index contributed by atoms with van der Waals surface area (Å²) in [6.07, 6.45) is 5.28. The molecule has 0 saturated carbocycles. The minimum atomic E-state index is 0.685. The number of aromatic nitrogens is 5. The molecule has 126 valence electrons. The van der Waals surface area contributed by atoms with Gasteiger partial charge in [0.1, 0.15) is 17.2 Å². The molecule has 0 bridgehead atoms. The fourth-order valence-electron chi connectivity index (χ4n) is 2.99. The molecule has 26 heavy (non-hydrogen) atoms. The summed E-state index contributed by atoms with van der Waals surface area (Å²) >= 11 is 1.64. The maximum absolute atomic E-state index is 4.50. The number of anilines is 2. The highest BCUT2D eigenvalue weighted by Crippen LogP contribution is 2.25. The van der Waals surface area contributed by atoms with Crippen molar-refractivity contribution in [2.45, 2.75) is 6.54 Å². The Bertz CT molecular complexity index is 1190. The molecule has 3 heterocycles. The fraction of sp³-hybridized carbons (Fsp3) is 0.0526. The molecule has 0 radical (unpaired) electrons. The summed E-state index contributed by atoms with van der Waals surface area (Å²) in [4.78, 5) is 13.0. The summed E-state index contributed by atoms with van der Waals surface area (Å²) in [6.45, 7) is 0.685. The van der Waals surface area contributed by atoms with Crippen LogP contribution < -0.4 is 5.32 Å². The number of hydrogen-bond donors (Lipinski definition) is 1. The highest BCUT2D eigenvalue weighted by atomic mass is 32.1. The van der Waals surface area contributed by atoms with E-state index in [1.165, 1.54) is 0 Å². The summed E-state index contributed by atoms with van der Waals surface area (Å²) in [5.74, 6) is 0.796. The van der Waals surface area contributed by atoms with Crippen LogP contribution in [0.4, 0.5) is 11.5 Å². The summed E-state index contributed by atoms with van der Waals surface area (Å²) in [7, 11) is 0. The van der Waals surface area contributed by atoms with Crippen LogP contribution in [0.5, 0.6) is 0 Å². The third-order valence-corrected chi connectivity index (χ3v) is 4.98. The van der Waals surface area contributed by atoms with Gasteiger partial charge in [0.05, 0.1) is 23.8 Å². The van der Waals surface area contributed by atoms with Gasteiger partial charge in [-0.1, -0.05) is 12.1 Å². The van der Waals surface area contributed by atoms with Crippen LogP contribution >= 0.6 is 11.3 Å². The zero-order chi connectivity index (χ0) is 17.3. The Morgan fingerprint density at radius 3 is 2.92 bits per heavy atom. The van der Waals surface area contributed by atoms with Gasteiger partial charge in [0.2, 0.25) is 0 Å². The molecule has 0 aliphatic rings. The lowest BCUT2D eigenvalue weighted by atomic mass is 10.2. The zero-order valence-electron chi connectivity index (χ0n) is 13.7. The predicted octanol–water partition coefficient (Wildman–Crippen LogP) is 4.23. The van der Waals surface area contributed by atoms with E-state index in [-0.39, 0.29) is 0 Å². The van der Waals surface area contributed by atoms with Crippen LogP contribution in [0.25, 0.3) is 21.8 Å². The van der Waals surface area contributed by atoms with Gasteiger partial charge in [0.25, 0.3) is 0 Å². The van der Waals surface area contributed by atoms with Gasteiger partial charge in [-0.15, -0.1) is 11.3 Å². The monoisotopic (exact) mass is 358 g/mol. The molecule has 0 amide bonds. The number of benzene rings is 2. The standard InChI is InChI=1S/C19H14N6S/c1-2-4-16-15(3-1)19(22-12-21-16)24-14-5-6-17-13(9-14)10-23-25(17)11-18-20-7-8-26-18/h1-10,12H,11H2,(H,21,22,24).